The fourth-order valence-electron chi connectivity index (χ4n) is 1.28. The predicted octanol–water partition coefficient (Wildman–Crippen LogP) is 1.70. The van der Waals surface area contributed by atoms with Gasteiger partial charge in [0.2, 0.25) is 0 Å². The molecule has 0 aliphatic rings. The van der Waals surface area contributed by atoms with Gasteiger partial charge < -0.3 is 10.5 Å². The first-order valence-corrected chi connectivity index (χ1v) is 4.63. The van der Waals surface area contributed by atoms with Crippen molar-refractivity contribution < 1.29 is 13.9 Å². The quantitative estimate of drug-likeness (QED) is 0.774. The van der Waals surface area contributed by atoms with Gasteiger partial charge in [0.05, 0.1) is 13.5 Å². The van der Waals surface area contributed by atoms with Gasteiger partial charge in [0, 0.05) is 6.04 Å². The molecule has 1 rings (SSSR count). The first-order valence-electron chi connectivity index (χ1n) is 4.63. The number of ether oxygens (including phenoxy) is 1. The highest BCUT2D eigenvalue weighted by atomic mass is 19.1. The summed E-state index contributed by atoms with van der Waals surface area (Å²) in [6.45, 7) is 1.66. The van der Waals surface area contributed by atoms with Gasteiger partial charge in [-0.3, -0.25) is 4.79 Å². The Morgan fingerprint density at radius 3 is 2.80 bits per heavy atom. The SMILES string of the molecule is COC(=O)CC(N)c1ccc(F)c(C)c1. The second-order valence-corrected chi connectivity index (χ2v) is 3.40. The number of methoxy groups -OCH3 is 1. The number of halogens is 1. The molecule has 0 saturated heterocycles. The zero-order valence-electron chi connectivity index (χ0n) is 8.79. The maximum atomic E-state index is 13.0. The van der Waals surface area contributed by atoms with Gasteiger partial charge in [0.25, 0.3) is 0 Å². The predicted molar refractivity (Wildman–Crippen MR) is 54.7 cm³/mol. The van der Waals surface area contributed by atoms with E-state index in [1.54, 1.807) is 19.1 Å². The zero-order valence-corrected chi connectivity index (χ0v) is 8.79. The molecule has 0 amide bonds. The number of benzene rings is 1. The summed E-state index contributed by atoms with van der Waals surface area (Å²) >= 11 is 0. The highest BCUT2D eigenvalue weighted by Gasteiger charge is 2.12. The van der Waals surface area contributed by atoms with E-state index in [0.29, 0.717) is 5.56 Å². The van der Waals surface area contributed by atoms with Crippen LogP contribution in [0.1, 0.15) is 23.6 Å². The van der Waals surface area contributed by atoms with Crippen LogP contribution < -0.4 is 5.73 Å². The maximum Gasteiger partial charge on any atom is 0.307 e. The van der Waals surface area contributed by atoms with E-state index in [9.17, 15) is 9.18 Å². The molecule has 0 saturated carbocycles. The van der Waals surface area contributed by atoms with Crippen LogP contribution in [-0.4, -0.2) is 13.1 Å². The Labute approximate surface area is 88.0 Å². The van der Waals surface area contributed by atoms with Gasteiger partial charge in [-0.25, -0.2) is 4.39 Å². The third kappa shape index (κ3) is 3.02. The molecule has 1 aromatic carbocycles. The van der Waals surface area contributed by atoms with Crippen LogP contribution in [-0.2, 0) is 9.53 Å². The number of hydrogen-bond acceptors (Lipinski definition) is 3. The third-order valence-electron chi connectivity index (χ3n) is 2.22. The molecule has 82 valence electrons. The van der Waals surface area contributed by atoms with Crippen molar-refractivity contribution in [3.8, 4) is 0 Å². The summed E-state index contributed by atoms with van der Waals surface area (Å²) in [4.78, 5) is 11.0. The Morgan fingerprint density at radius 2 is 2.27 bits per heavy atom. The van der Waals surface area contributed by atoms with E-state index >= 15 is 0 Å². The number of nitrogens with two attached hydrogens (primary N) is 1. The molecular weight excluding hydrogens is 197 g/mol. The molecule has 15 heavy (non-hydrogen) atoms. The van der Waals surface area contributed by atoms with E-state index in [0.717, 1.165) is 5.56 Å². The van der Waals surface area contributed by atoms with E-state index in [-0.39, 0.29) is 18.2 Å². The largest absolute Gasteiger partial charge is 0.469 e. The fraction of sp³-hybridized carbons (Fsp3) is 0.364. The van der Waals surface area contributed by atoms with Gasteiger partial charge in [0.15, 0.2) is 0 Å². The van der Waals surface area contributed by atoms with Crippen LogP contribution >= 0.6 is 0 Å². The third-order valence-corrected chi connectivity index (χ3v) is 2.22. The second kappa shape index (κ2) is 4.89. The van der Waals surface area contributed by atoms with Crippen LogP contribution in [0.25, 0.3) is 0 Å². The van der Waals surface area contributed by atoms with Crippen molar-refractivity contribution in [1.29, 1.82) is 0 Å². The van der Waals surface area contributed by atoms with Crippen molar-refractivity contribution in [1.82, 2.24) is 0 Å². The Balaban J connectivity index is 2.78. The zero-order chi connectivity index (χ0) is 11.4. The van der Waals surface area contributed by atoms with E-state index in [4.69, 9.17) is 5.73 Å². The van der Waals surface area contributed by atoms with Crippen LogP contribution in [0.5, 0.6) is 0 Å². The molecule has 3 nitrogen and oxygen atoms in total. The summed E-state index contributed by atoms with van der Waals surface area (Å²) in [6, 6.07) is 4.12. The van der Waals surface area contributed by atoms with E-state index in [2.05, 4.69) is 4.74 Å². The van der Waals surface area contributed by atoms with Crippen molar-refractivity contribution in [2.75, 3.05) is 7.11 Å². The molecule has 0 aromatic heterocycles. The van der Waals surface area contributed by atoms with Gasteiger partial charge in [-0.2, -0.15) is 0 Å². The molecule has 0 fully saturated rings. The molecule has 4 heteroatoms. The monoisotopic (exact) mass is 211 g/mol. The minimum absolute atomic E-state index is 0.0988. The average Bonchev–Trinajstić information content (AvgIpc) is 2.21. The van der Waals surface area contributed by atoms with Crippen LogP contribution in [0, 0.1) is 12.7 Å². The summed E-state index contributed by atoms with van der Waals surface area (Å²) < 4.78 is 17.5. The molecule has 0 aliphatic carbocycles. The first kappa shape index (κ1) is 11.7. The molecule has 1 atom stereocenters. The van der Waals surface area contributed by atoms with Crippen molar-refractivity contribution in [2.24, 2.45) is 5.73 Å². The molecule has 1 unspecified atom stereocenters. The van der Waals surface area contributed by atoms with Crippen molar-refractivity contribution in [3.63, 3.8) is 0 Å². The molecule has 0 aliphatic heterocycles. The first-order chi connectivity index (χ1) is 7.04. The summed E-state index contributed by atoms with van der Waals surface area (Å²) in [6.07, 6.45) is 0.0988. The Morgan fingerprint density at radius 1 is 1.60 bits per heavy atom. The highest BCUT2D eigenvalue weighted by Crippen LogP contribution is 2.17. The molecular formula is C11H14FNO2. The molecule has 2 N–H and O–H groups in total. The maximum absolute atomic E-state index is 13.0. The van der Waals surface area contributed by atoms with Crippen LogP contribution in [0.15, 0.2) is 18.2 Å². The normalized spacial score (nSPS) is 12.3. The van der Waals surface area contributed by atoms with Gasteiger partial charge in [0.1, 0.15) is 5.82 Å². The van der Waals surface area contributed by atoms with E-state index < -0.39 is 6.04 Å². The average molecular weight is 211 g/mol. The molecule has 0 spiro atoms. The van der Waals surface area contributed by atoms with E-state index in [1.807, 2.05) is 0 Å². The summed E-state index contributed by atoms with van der Waals surface area (Å²) in [5.41, 5.74) is 7.02. The standard InChI is InChI=1S/C11H14FNO2/c1-7-5-8(3-4-9(7)12)10(13)6-11(14)15-2/h3-5,10H,6,13H2,1-2H3. The minimum atomic E-state index is -0.447. The van der Waals surface area contributed by atoms with Crippen molar-refractivity contribution >= 4 is 5.97 Å². The Bertz CT molecular complexity index is 366. The van der Waals surface area contributed by atoms with Gasteiger partial charge in [-0.05, 0) is 24.1 Å². The number of esters is 1. The Kier molecular flexibility index (Phi) is 3.80. The lowest BCUT2D eigenvalue weighted by Gasteiger charge is -2.11. The number of hydrogen-bond donors (Lipinski definition) is 1. The Hall–Kier alpha value is -1.42. The number of carbonyl (C=O) groups is 1. The van der Waals surface area contributed by atoms with Crippen molar-refractivity contribution in [2.45, 2.75) is 19.4 Å². The van der Waals surface area contributed by atoms with Crippen LogP contribution in [0.3, 0.4) is 0 Å². The topological polar surface area (TPSA) is 52.3 Å². The number of rotatable bonds is 3. The number of carbonyl (C=O) groups excluding carboxylic acids is 1. The molecule has 1 aromatic rings. The number of aryl methyl sites for hydroxylation is 1. The summed E-state index contributed by atoms with van der Waals surface area (Å²) in [7, 11) is 1.31. The van der Waals surface area contributed by atoms with E-state index in [1.165, 1.54) is 13.2 Å². The van der Waals surface area contributed by atoms with Gasteiger partial charge in [-0.1, -0.05) is 12.1 Å². The lowest BCUT2D eigenvalue weighted by molar-refractivity contribution is -0.141. The highest BCUT2D eigenvalue weighted by molar-refractivity contribution is 5.70. The van der Waals surface area contributed by atoms with Gasteiger partial charge >= 0.3 is 5.97 Å². The fourth-order valence-corrected chi connectivity index (χ4v) is 1.28. The summed E-state index contributed by atoms with van der Waals surface area (Å²) in [5, 5.41) is 0. The van der Waals surface area contributed by atoms with Crippen molar-refractivity contribution in [3.05, 3.63) is 35.1 Å². The second-order valence-electron chi connectivity index (χ2n) is 3.40. The molecule has 0 radical (unpaired) electrons. The van der Waals surface area contributed by atoms with Crippen LogP contribution in [0.4, 0.5) is 4.39 Å². The van der Waals surface area contributed by atoms with Gasteiger partial charge in [-0.15, -0.1) is 0 Å². The lowest BCUT2D eigenvalue weighted by Crippen LogP contribution is -2.16. The smallest absolute Gasteiger partial charge is 0.307 e. The minimum Gasteiger partial charge on any atom is -0.469 e. The summed E-state index contributed by atoms with van der Waals surface area (Å²) in [5.74, 6) is -0.645. The molecule has 0 heterocycles. The lowest BCUT2D eigenvalue weighted by atomic mass is 10.0. The van der Waals surface area contributed by atoms with Crippen LogP contribution in [0.2, 0.25) is 0 Å². The molecule has 0 bridgehead atoms.